The van der Waals surface area contributed by atoms with Crippen molar-refractivity contribution in [1.29, 1.82) is 0 Å². The molecule has 0 amide bonds. The average Bonchev–Trinajstić information content (AvgIpc) is 2.86. The first-order chi connectivity index (χ1) is 8.36. The number of pyridine rings is 1. The Bertz CT molecular complexity index is 554. The van der Waals surface area contributed by atoms with Crippen molar-refractivity contribution in [3.8, 4) is 17.0 Å². The number of hydrogen-bond donors (Lipinski definition) is 2. The van der Waals surface area contributed by atoms with E-state index in [1.165, 1.54) is 5.56 Å². The Morgan fingerprint density at radius 1 is 1.24 bits per heavy atom. The number of fused-ring (bicyclic) bond motifs is 1. The maximum Gasteiger partial charge on any atom is 0.122 e. The van der Waals surface area contributed by atoms with Gasteiger partial charge in [-0.3, -0.25) is 10.8 Å². The third-order valence-electron chi connectivity index (χ3n) is 2.91. The molecule has 0 bridgehead atoms. The van der Waals surface area contributed by atoms with E-state index in [1.807, 2.05) is 24.3 Å². The number of hydrogen-bond acceptors (Lipinski definition) is 4. The van der Waals surface area contributed by atoms with Crippen molar-refractivity contribution in [2.24, 2.45) is 5.84 Å². The van der Waals surface area contributed by atoms with Gasteiger partial charge in [0.05, 0.1) is 18.0 Å². The molecule has 0 saturated carbocycles. The maximum atomic E-state index is 5.48. The highest BCUT2D eigenvalue weighted by molar-refractivity contribution is 5.66. The lowest BCUT2D eigenvalue weighted by Gasteiger charge is -2.05. The normalized spacial score (nSPS) is 13.0. The molecular weight excluding hydrogens is 214 g/mol. The third-order valence-corrected chi connectivity index (χ3v) is 2.91. The second kappa shape index (κ2) is 4.07. The highest BCUT2D eigenvalue weighted by atomic mass is 16.5. The fraction of sp³-hybridized carbons (Fsp3) is 0.154. The number of rotatable bonds is 2. The van der Waals surface area contributed by atoms with Crippen molar-refractivity contribution in [3.63, 3.8) is 0 Å². The van der Waals surface area contributed by atoms with Crippen LogP contribution < -0.4 is 16.0 Å². The van der Waals surface area contributed by atoms with Gasteiger partial charge in [0.15, 0.2) is 0 Å². The molecule has 2 heterocycles. The molecule has 17 heavy (non-hydrogen) atoms. The molecule has 4 nitrogen and oxygen atoms in total. The van der Waals surface area contributed by atoms with Gasteiger partial charge in [0.2, 0.25) is 0 Å². The molecule has 0 unspecified atom stereocenters. The van der Waals surface area contributed by atoms with Crippen LogP contribution in [0.15, 0.2) is 36.5 Å². The molecule has 2 aromatic rings. The summed E-state index contributed by atoms with van der Waals surface area (Å²) in [6, 6.07) is 9.91. The standard InChI is InChI=1S/C13H13N3O/c14-16-11-3-5-15-12(8-11)9-1-2-13-10(7-9)4-6-17-13/h1-3,5,7-8H,4,6,14H2,(H,15,16). The highest BCUT2D eigenvalue weighted by Crippen LogP contribution is 2.30. The minimum absolute atomic E-state index is 0.774. The van der Waals surface area contributed by atoms with Crippen LogP contribution in [0.5, 0.6) is 5.75 Å². The summed E-state index contributed by atoms with van der Waals surface area (Å²) in [5.41, 5.74) is 6.73. The monoisotopic (exact) mass is 227 g/mol. The topological polar surface area (TPSA) is 60.2 Å². The molecule has 1 aliphatic heterocycles. The van der Waals surface area contributed by atoms with Crippen molar-refractivity contribution >= 4 is 5.69 Å². The van der Waals surface area contributed by atoms with Crippen LogP contribution in [0.1, 0.15) is 5.56 Å². The zero-order chi connectivity index (χ0) is 11.7. The van der Waals surface area contributed by atoms with Gasteiger partial charge in [-0.05, 0) is 35.9 Å². The Labute approximate surface area is 99.4 Å². The third kappa shape index (κ3) is 1.83. The van der Waals surface area contributed by atoms with E-state index < -0.39 is 0 Å². The summed E-state index contributed by atoms with van der Waals surface area (Å²) in [6.45, 7) is 0.774. The summed E-state index contributed by atoms with van der Waals surface area (Å²) in [5, 5.41) is 0. The number of nitrogens with two attached hydrogens (primary N) is 1. The maximum absolute atomic E-state index is 5.48. The number of hydrazine groups is 1. The summed E-state index contributed by atoms with van der Waals surface area (Å²) in [4.78, 5) is 4.35. The van der Waals surface area contributed by atoms with E-state index in [4.69, 9.17) is 10.6 Å². The molecule has 0 spiro atoms. The fourth-order valence-corrected chi connectivity index (χ4v) is 2.02. The minimum atomic E-state index is 0.774. The Hall–Kier alpha value is -2.07. The number of nitrogen functional groups attached to an aromatic ring is 1. The van der Waals surface area contributed by atoms with Crippen LogP contribution in [-0.4, -0.2) is 11.6 Å². The van der Waals surface area contributed by atoms with Gasteiger partial charge in [-0.1, -0.05) is 0 Å². The van der Waals surface area contributed by atoms with E-state index in [2.05, 4.69) is 16.5 Å². The zero-order valence-electron chi connectivity index (χ0n) is 9.31. The smallest absolute Gasteiger partial charge is 0.122 e. The molecule has 1 aromatic carbocycles. The largest absolute Gasteiger partial charge is 0.493 e. The van der Waals surface area contributed by atoms with Gasteiger partial charge in [-0.2, -0.15) is 0 Å². The van der Waals surface area contributed by atoms with Crippen LogP contribution in [0.2, 0.25) is 0 Å². The van der Waals surface area contributed by atoms with Crippen LogP contribution in [0.25, 0.3) is 11.3 Å². The lowest BCUT2D eigenvalue weighted by atomic mass is 10.1. The molecule has 0 aliphatic carbocycles. The molecule has 86 valence electrons. The lowest BCUT2D eigenvalue weighted by Crippen LogP contribution is -2.06. The van der Waals surface area contributed by atoms with Crippen LogP contribution in [0.3, 0.4) is 0 Å². The number of ether oxygens (including phenoxy) is 1. The van der Waals surface area contributed by atoms with Crippen molar-refractivity contribution in [2.75, 3.05) is 12.0 Å². The van der Waals surface area contributed by atoms with Gasteiger partial charge in [0.25, 0.3) is 0 Å². The summed E-state index contributed by atoms with van der Waals surface area (Å²) < 4.78 is 5.48. The van der Waals surface area contributed by atoms with Crippen molar-refractivity contribution < 1.29 is 4.74 Å². The van der Waals surface area contributed by atoms with Gasteiger partial charge in [-0.25, -0.2) is 0 Å². The summed E-state index contributed by atoms with van der Waals surface area (Å²) in [7, 11) is 0. The predicted molar refractivity (Wildman–Crippen MR) is 66.7 cm³/mol. The molecule has 1 aliphatic rings. The molecule has 4 heteroatoms. The first-order valence-electron chi connectivity index (χ1n) is 5.55. The Balaban J connectivity index is 2.03. The first-order valence-corrected chi connectivity index (χ1v) is 5.55. The SMILES string of the molecule is NNc1ccnc(-c2ccc3c(c2)CCO3)c1. The van der Waals surface area contributed by atoms with Crippen LogP contribution in [0.4, 0.5) is 5.69 Å². The summed E-state index contributed by atoms with van der Waals surface area (Å²) >= 11 is 0. The van der Waals surface area contributed by atoms with Gasteiger partial charge in [-0.15, -0.1) is 0 Å². The second-order valence-corrected chi connectivity index (χ2v) is 4.00. The lowest BCUT2D eigenvalue weighted by molar-refractivity contribution is 0.357. The van der Waals surface area contributed by atoms with Gasteiger partial charge in [0, 0.05) is 18.2 Å². The number of benzene rings is 1. The van der Waals surface area contributed by atoms with Crippen molar-refractivity contribution in [3.05, 3.63) is 42.1 Å². The van der Waals surface area contributed by atoms with Crippen molar-refractivity contribution in [1.82, 2.24) is 4.98 Å². The van der Waals surface area contributed by atoms with Gasteiger partial charge in [0.1, 0.15) is 5.75 Å². The molecular formula is C13H13N3O. The predicted octanol–water partition coefficient (Wildman–Crippen LogP) is 1.97. The Kier molecular flexibility index (Phi) is 2.42. The molecule has 3 rings (SSSR count). The van der Waals surface area contributed by atoms with E-state index in [1.54, 1.807) is 6.20 Å². The summed E-state index contributed by atoms with van der Waals surface area (Å²) in [6.07, 6.45) is 2.71. The number of nitrogens with one attached hydrogen (secondary N) is 1. The second-order valence-electron chi connectivity index (χ2n) is 4.00. The number of anilines is 1. The van der Waals surface area contributed by atoms with E-state index in [0.717, 1.165) is 35.7 Å². The molecule has 3 N–H and O–H groups in total. The number of nitrogens with zero attached hydrogens (tertiary/aromatic N) is 1. The average molecular weight is 227 g/mol. The van der Waals surface area contributed by atoms with Crippen LogP contribution >= 0.6 is 0 Å². The minimum Gasteiger partial charge on any atom is -0.493 e. The quantitative estimate of drug-likeness (QED) is 0.608. The van der Waals surface area contributed by atoms with E-state index in [0.29, 0.717) is 0 Å². The zero-order valence-corrected chi connectivity index (χ0v) is 9.31. The van der Waals surface area contributed by atoms with Gasteiger partial charge >= 0.3 is 0 Å². The molecule has 1 aromatic heterocycles. The van der Waals surface area contributed by atoms with Crippen LogP contribution in [0, 0.1) is 0 Å². The number of aromatic nitrogens is 1. The van der Waals surface area contributed by atoms with Crippen molar-refractivity contribution in [2.45, 2.75) is 6.42 Å². The van der Waals surface area contributed by atoms with Crippen LogP contribution in [-0.2, 0) is 6.42 Å². The van der Waals surface area contributed by atoms with E-state index >= 15 is 0 Å². The van der Waals surface area contributed by atoms with E-state index in [9.17, 15) is 0 Å². The van der Waals surface area contributed by atoms with E-state index in [-0.39, 0.29) is 0 Å². The molecule has 0 saturated heterocycles. The first kappa shape index (κ1) is 10.1. The molecule has 0 atom stereocenters. The highest BCUT2D eigenvalue weighted by Gasteiger charge is 2.12. The molecule has 0 fully saturated rings. The molecule has 0 radical (unpaired) electrons. The Morgan fingerprint density at radius 3 is 3.06 bits per heavy atom. The Morgan fingerprint density at radius 2 is 2.18 bits per heavy atom. The summed E-state index contributed by atoms with van der Waals surface area (Å²) in [5.74, 6) is 6.38. The van der Waals surface area contributed by atoms with Gasteiger partial charge < -0.3 is 10.2 Å². The fourth-order valence-electron chi connectivity index (χ4n) is 2.02.